The van der Waals surface area contributed by atoms with Gasteiger partial charge in [0.05, 0.1) is 31.3 Å². The Morgan fingerprint density at radius 1 is 1.38 bits per heavy atom. The van der Waals surface area contributed by atoms with Crippen LogP contribution in [0.15, 0.2) is 43.0 Å². The molecule has 3 rings (SSSR count). The highest BCUT2D eigenvalue weighted by atomic mass is 16.6. The van der Waals surface area contributed by atoms with Gasteiger partial charge in [-0.2, -0.15) is 0 Å². The number of rotatable bonds is 6. The van der Waals surface area contributed by atoms with Crippen molar-refractivity contribution in [3.8, 4) is 5.69 Å². The molecule has 0 radical (unpaired) electrons. The summed E-state index contributed by atoms with van der Waals surface area (Å²) in [6, 6.07) is 8.49. The number of imidazole rings is 1. The minimum atomic E-state index is -0.499. The van der Waals surface area contributed by atoms with E-state index >= 15 is 0 Å². The number of hydrogen-bond acceptors (Lipinski definition) is 5. The summed E-state index contributed by atoms with van der Waals surface area (Å²) in [6.45, 7) is 10.2. The Hall–Kier alpha value is -2.38. The van der Waals surface area contributed by atoms with Crippen LogP contribution in [0, 0.1) is 0 Å². The zero-order valence-corrected chi connectivity index (χ0v) is 17.8. The van der Waals surface area contributed by atoms with Crippen LogP contribution in [-0.2, 0) is 16.0 Å². The highest BCUT2D eigenvalue weighted by Crippen LogP contribution is 2.19. The van der Waals surface area contributed by atoms with E-state index in [-0.39, 0.29) is 18.2 Å². The van der Waals surface area contributed by atoms with Crippen LogP contribution in [0.1, 0.15) is 39.7 Å². The standard InChI is InChI=1S/C22H32N4O3/c1-17(13-19-15-28-12-11-26(19)21(27)29-22(2,3)4)24-14-18-7-5-6-8-20(18)25-10-9-23-16-25/h5-10,16-17,19,24H,11-15H2,1-4H3/t17-,19+/m1/s1. The zero-order chi connectivity index (χ0) is 20.9. The molecule has 0 spiro atoms. The van der Waals surface area contributed by atoms with Crippen LogP contribution in [0.2, 0.25) is 0 Å². The van der Waals surface area contributed by atoms with Crippen LogP contribution in [0.25, 0.3) is 5.69 Å². The number of hydrogen-bond donors (Lipinski definition) is 1. The quantitative estimate of drug-likeness (QED) is 0.805. The molecule has 158 valence electrons. The third kappa shape index (κ3) is 6.05. The topological polar surface area (TPSA) is 68.6 Å². The summed E-state index contributed by atoms with van der Waals surface area (Å²) in [5.74, 6) is 0. The van der Waals surface area contributed by atoms with Gasteiger partial charge in [0.1, 0.15) is 5.60 Å². The van der Waals surface area contributed by atoms with Crippen molar-refractivity contribution in [1.82, 2.24) is 19.8 Å². The predicted molar refractivity (Wildman–Crippen MR) is 112 cm³/mol. The summed E-state index contributed by atoms with van der Waals surface area (Å²) in [4.78, 5) is 18.5. The number of para-hydroxylation sites is 1. The summed E-state index contributed by atoms with van der Waals surface area (Å²) in [5.41, 5.74) is 1.81. The number of nitrogens with one attached hydrogen (secondary N) is 1. The van der Waals surface area contributed by atoms with Gasteiger partial charge in [0.25, 0.3) is 0 Å². The molecule has 0 unspecified atom stereocenters. The molecule has 1 aromatic heterocycles. The van der Waals surface area contributed by atoms with Gasteiger partial charge in [-0.15, -0.1) is 0 Å². The van der Waals surface area contributed by atoms with Crippen molar-refractivity contribution in [1.29, 1.82) is 0 Å². The van der Waals surface area contributed by atoms with Gasteiger partial charge in [-0.25, -0.2) is 9.78 Å². The van der Waals surface area contributed by atoms with Gasteiger partial charge in [0, 0.05) is 31.5 Å². The van der Waals surface area contributed by atoms with Gasteiger partial charge in [-0.05, 0) is 45.7 Å². The van der Waals surface area contributed by atoms with E-state index < -0.39 is 5.60 Å². The van der Waals surface area contributed by atoms with Gasteiger partial charge in [0.2, 0.25) is 0 Å². The molecule has 1 aromatic carbocycles. The lowest BCUT2D eigenvalue weighted by molar-refractivity contribution is -0.0356. The first-order chi connectivity index (χ1) is 13.8. The second kappa shape index (κ2) is 9.41. The monoisotopic (exact) mass is 400 g/mol. The van der Waals surface area contributed by atoms with E-state index in [1.807, 2.05) is 48.6 Å². The molecule has 7 nitrogen and oxygen atoms in total. The Morgan fingerprint density at radius 2 is 2.17 bits per heavy atom. The fraction of sp³-hybridized carbons (Fsp3) is 0.545. The fourth-order valence-corrected chi connectivity index (χ4v) is 3.50. The van der Waals surface area contributed by atoms with E-state index in [1.54, 1.807) is 12.5 Å². The van der Waals surface area contributed by atoms with Crippen LogP contribution < -0.4 is 5.32 Å². The number of ether oxygens (including phenoxy) is 2. The first-order valence-electron chi connectivity index (χ1n) is 10.2. The van der Waals surface area contributed by atoms with E-state index in [0.717, 1.165) is 18.7 Å². The van der Waals surface area contributed by atoms with Crippen molar-refractivity contribution in [3.63, 3.8) is 0 Å². The first kappa shape index (κ1) is 21.3. The Bertz CT molecular complexity index is 786. The summed E-state index contributed by atoms with van der Waals surface area (Å²) in [6.07, 6.45) is 6.07. The number of amides is 1. The molecule has 2 aromatic rings. The molecule has 0 aliphatic carbocycles. The Labute approximate surface area is 173 Å². The van der Waals surface area contributed by atoms with E-state index in [2.05, 4.69) is 29.4 Å². The van der Waals surface area contributed by atoms with E-state index in [4.69, 9.17) is 9.47 Å². The lowest BCUT2D eigenvalue weighted by atomic mass is 10.1. The van der Waals surface area contributed by atoms with Crippen molar-refractivity contribution in [3.05, 3.63) is 48.5 Å². The van der Waals surface area contributed by atoms with Gasteiger partial charge in [-0.1, -0.05) is 18.2 Å². The van der Waals surface area contributed by atoms with Crippen molar-refractivity contribution >= 4 is 6.09 Å². The molecule has 2 atom stereocenters. The molecular weight excluding hydrogens is 368 g/mol. The maximum absolute atomic E-state index is 12.6. The highest BCUT2D eigenvalue weighted by molar-refractivity contribution is 5.68. The average Bonchev–Trinajstić information content (AvgIpc) is 3.20. The van der Waals surface area contributed by atoms with E-state index in [1.165, 1.54) is 5.56 Å². The normalized spacial score (nSPS) is 18.5. The number of carbonyl (C=O) groups excluding carboxylic acids is 1. The Balaban J connectivity index is 1.59. The van der Waals surface area contributed by atoms with Crippen molar-refractivity contribution in [2.24, 2.45) is 0 Å². The SMILES string of the molecule is C[C@H](C[C@H]1COCCN1C(=O)OC(C)(C)C)NCc1ccccc1-n1ccnc1. The fourth-order valence-electron chi connectivity index (χ4n) is 3.50. The Kier molecular flexibility index (Phi) is 6.92. The maximum atomic E-state index is 12.6. The smallest absolute Gasteiger partial charge is 0.410 e. The maximum Gasteiger partial charge on any atom is 0.410 e. The molecule has 7 heteroatoms. The number of benzene rings is 1. The minimum absolute atomic E-state index is 0.00462. The van der Waals surface area contributed by atoms with E-state index in [9.17, 15) is 4.79 Å². The lowest BCUT2D eigenvalue weighted by Gasteiger charge is -2.37. The first-order valence-corrected chi connectivity index (χ1v) is 10.2. The largest absolute Gasteiger partial charge is 0.444 e. The number of nitrogens with zero attached hydrogens (tertiary/aromatic N) is 3. The number of carbonyl (C=O) groups is 1. The minimum Gasteiger partial charge on any atom is -0.444 e. The van der Waals surface area contributed by atoms with Gasteiger partial charge in [0.15, 0.2) is 0 Å². The van der Waals surface area contributed by atoms with Crippen molar-refractivity contribution in [2.75, 3.05) is 19.8 Å². The molecule has 1 fully saturated rings. The van der Waals surface area contributed by atoms with Crippen LogP contribution in [0.5, 0.6) is 0 Å². The average molecular weight is 401 g/mol. The molecule has 0 saturated carbocycles. The molecule has 1 aliphatic heterocycles. The second-order valence-electron chi connectivity index (χ2n) is 8.52. The van der Waals surface area contributed by atoms with Crippen LogP contribution in [0.3, 0.4) is 0 Å². The lowest BCUT2D eigenvalue weighted by Crippen LogP contribution is -2.52. The Morgan fingerprint density at radius 3 is 2.90 bits per heavy atom. The summed E-state index contributed by atoms with van der Waals surface area (Å²) in [5, 5.41) is 3.59. The van der Waals surface area contributed by atoms with Crippen LogP contribution >= 0.6 is 0 Å². The van der Waals surface area contributed by atoms with Gasteiger partial charge >= 0.3 is 6.09 Å². The second-order valence-corrected chi connectivity index (χ2v) is 8.52. The zero-order valence-electron chi connectivity index (χ0n) is 17.8. The molecular formula is C22H32N4O3. The summed E-state index contributed by atoms with van der Waals surface area (Å²) >= 11 is 0. The summed E-state index contributed by atoms with van der Waals surface area (Å²) < 4.78 is 13.2. The predicted octanol–water partition coefficient (Wildman–Crippen LogP) is 3.38. The van der Waals surface area contributed by atoms with Crippen LogP contribution in [-0.4, -0.2) is 58.0 Å². The van der Waals surface area contributed by atoms with Crippen molar-refractivity contribution < 1.29 is 14.3 Å². The third-order valence-corrected chi connectivity index (χ3v) is 4.90. The molecule has 29 heavy (non-hydrogen) atoms. The molecule has 0 bridgehead atoms. The molecule has 2 heterocycles. The van der Waals surface area contributed by atoms with Crippen molar-refractivity contribution in [2.45, 2.75) is 58.3 Å². The molecule has 1 aliphatic rings. The molecule has 1 saturated heterocycles. The van der Waals surface area contributed by atoms with Gasteiger partial charge < -0.3 is 24.3 Å². The summed E-state index contributed by atoms with van der Waals surface area (Å²) in [7, 11) is 0. The van der Waals surface area contributed by atoms with Gasteiger partial charge in [-0.3, -0.25) is 0 Å². The van der Waals surface area contributed by atoms with Crippen LogP contribution in [0.4, 0.5) is 4.79 Å². The highest BCUT2D eigenvalue weighted by Gasteiger charge is 2.31. The number of morpholine rings is 1. The molecule has 1 N–H and O–H groups in total. The van der Waals surface area contributed by atoms with E-state index in [0.29, 0.717) is 19.8 Å². The number of aromatic nitrogens is 2. The molecule has 1 amide bonds. The third-order valence-electron chi connectivity index (χ3n) is 4.90.